The summed E-state index contributed by atoms with van der Waals surface area (Å²) in [6.45, 7) is 3.60. The van der Waals surface area contributed by atoms with Crippen LogP contribution in [0.25, 0.3) is 0 Å². The smallest absolute Gasteiger partial charge is 0.338 e. The fraction of sp³-hybridized carbons (Fsp3) is 0.615. The molecule has 1 aromatic heterocycles. The van der Waals surface area contributed by atoms with E-state index in [0.29, 0.717) is 21.5 Å². The van der Waals surface area contributed by atoms with E-state index in [1.807, 2.05) is 0 Å². The molecule has 4 nitrogen and oxygen atoms in total. The summed E-state index contributed by atoms with van der Waals surface area (Å²) in [6.07, 6.45) is 6.06. The van der Waals surface area contributed by atoms with Gasteiger partial charge in [-0.1, -0.05) is 19.3 Å². The van der Waals surface area contributed by atoms with Gasteiger partial charge in [-0.15, -0.1) is 16.9 Å². The normalized spacial score (nSPS) is 16.8. The maximum absolute atomic E-state index is 11.4. The Bertz CT molecular complexity index is 457. The second-order valence-electron chi connectivity index (χ2n) is 4.77. The minimum Gasteiger partial charge on any atom is -0.478 e. The topological polar surface area (TPSA) is 63.1 Å². The lowest BCUT2D eigenvalue weighted by molar-refractivity contribution is 0.0690. The zero-order valence-electron chi connectivity index (χ0n) is 10.8. The van der Waals surface area contributed by atoms with Gasteiger partial charge in [0.25, 0.3) is 0 Å². The zero-order valence-corrected chi connectivity index (χ0v) is 11.6. The van der Waals surface area contributed by atoms with E-state index in [4.69, 9.17) is 0 Å². The Morgan fingerprint density at radius 3 is 2.50 bits per heavy atom. The van der Waals surface area contributed by atoms with Crippen LogP contribution >= 0.6 is 11.8 Å². The molecule has 2 rings (SSSR count). The molecule has 1 aliphatic carbocycles. The average molecular weight is 266 g/mol. The summed E-state index contributed by atoms with van der Waals surface area (Å²) in [4.78, 5) is 11.4. The van der Waals surface area contributed by atoms with Crippen molar-refractivity contribution in [3.05, 3.63) is 16.8 Å². The fourth-order valence-corrected chi connectivity index (χ4v) is 3.59. The molecule has 1 N–H and O–H groups in total. The molecule has 0 spiro atoms. The first-order chi connectivity index (χ1) is 8.59. The number of carbonyl (C=O) groups is 1. The van der Waals surface area contributed by atoms with Crippen molar-refractivity contribution in [1.82, 2.24) is 10.2 Å². The molecule has 1 aliphatic rings. The van der Waals surface area contributed by atoms with Gasteiger partial charge in [-0.2, -0.15) is 5.10 Å². The van der Waals surface area contributed by atoms with Gasteiger partial charge in [0, 0.05) is 5.25 Å². The highest BCUT2D eigenvalue weighted by molar-refractivity contribution is 7.99. The Hall–Kier alpha value is -1.10. The maximum Gasteiger partial charge on any atom is 0.338 e. The van der Waals surface area contributed by atoms with Crippen LogP contribution in [-0.2, 0) is 0 Å². The van der Waals surface area contributed by atoms with Crippen molar-refractivity contribution in [3.8, 4) is 0 Å². The van der Waals surface area contributed by atoms with Crippen LogP contribution in [0, 0.1) is 13.8 Å². The first kappa shape index (κ1) is 13.3. The van der Waals surface area contributed by atoms with Crippen LogP contribution in [0.1, 0.15) is 53.7 Å². The fourth-order valence-electron chi connectivity index (χ4n) is 2.26. The van der Waals surface area contributed by atoms with Crippen LogP contribution in [0.3, 0.4) is 0 Å². The molecule has 1 fully saturated rings. The number of hydrogen-bond donors (Lipinski definition) is 1. The summed E-state index contributed by atoms with van der Waals surface area (Å²) >= 11 is 1.59. The third-order valence-corrected chi connectivity index (χ3v) is 4.78. The Morgan fingerprint density at radius 1 is 1.22 bits per heavy atom. The molecule has 1 saturated carbocycles. The van der Waals surface area contributed by atoms with Crippen LogP contribution in [0.2, 0.25) is 0 Å². The molecule has 0 bridgehead atoms. The highest BCUT2D eigenvalue weighted by Gasteiger charge is 2.22. The lowest BCUT2D eigenvalue weighted by atomic mass is 10.0. The molecule has 0 amide bonds. The van der Waals surface area contributed by atoms with Crippen LogP contribution in [0.15, 0.2) is 5.03 Å². The van der Waals surface area contributed by atoms with Gasteiger partial charge < -0.3 is 5.11 Å². The van der Waals surface area contributed by atoms with Crippen LogP contribution in [0.4, 0.5) is 0 Å². The second kappa shape index (κ2) is 5.69. The lowest BCUT2D eigenvalue weighted by Gasteiger charge is -2.21. The van der Waals surface area contributed by atoms with Crippen molar-refractivity contribution in [2.24, 2.45) is 0 Å². The third kappa shape index (κ3) is 2.83. The number of aromatic carboxylic acids is 1. The number of hydrogen-bond acceptors (Lipinski definition) is 4. The minimum absolute atomic E-state index is 0.332. The SMILES string of the molecule is Cc1nnc(SC2CCCCC2)c(C(=O)O)c1C. The van der Waals surface area contributed by atoms with Crippen molar-refractivity contribution in [3.63, 3.8) is 0 Å². The lowest BCUT2D eigenvalue weighted by Crippen LogP contribution is -2.13. The van der Waals surface area contributed by atoms with Gasteiger partial charge in [-0.3, -0.25) is 0 Å². The van der Waals surface area contributed by atoms with E-state index in [9.17, 15) is 9.90 Å². The Morgan fingerprint density at radius 2 is 1.89 bits per heavy atom. The molecular formula is C13H18N2O2S. The number of nitrogens with zero attached hydrogens (tertiary/aromatic N) is 2. The summed E-state index contributed by atoms with van der Waals surface area (Å²) < 4.78 is 0. The van der Waals surface area contributed by atoms with E-state index in [1.165, 1.54) is 19.3 Å². The molecule has 0 unspecified atom stereocenters. The number of carboxylic acids is 1. The summed E-state index contributed by atoms with van der Waals surface area (Å²) in [5.41, 5.74) is 1.76. The van der Waals surface area contributed by atoms with Crippen molar-refractivity contribution < 1.29 is 9.90 Å². The van der Waals surface area contributed by atoms with E-state index in [0.717, 1.165) is 18.4 Å². The van der Waals surface area contributed by atoms with Crippen LogP contribution < -0.4 is 0 Å². The van der Waals surface area contributed by atoms with Crippen LogP contribution in [-0.4, -0.2) is 26.5 Å². The van der Waals surface area contributed by atoms with E-state index in [1.54, 1.807) is 25.6 Å². The van der Waals surface area contributed by atoms with Gasteiger partial charge in [0.2, 0.25) is 0 Å². The Kier molecular flexibility index (Phi) is 4.22. The van der Waals surface area contributed by atoms with E-state index in [2.05, 4.69) is 10.2 Å². The first-order valence-electron chi connectivity index (χ1n) is 6.33. The molecule has 18 heavy (non-hydrogen) atoms. The average Bonchev–Trinajstić information content (AvgIpc) is 2.35. The largest absolute Gasteiger partial charge is 0.478 e. The Labute approximate surface area is 111 Å². The third-order valence-electron chi connectivity index (χ3n) is 3.47. The van der Waals surface area contributed by atoms with Gasteiger partial charge in [-0.25, -0.2) is 4.79 Å². The molecule has 1 heterocycles. The highest BCUT2D eigenvalue weighted by Crippen LogP contribution is 2.34. The van der Waals surface area contributed by atoms with Crippen molar-refractivity contribution in [2.45, 2.75) is 56.2 Å². The molecule has 0 aromatic carbocycles. The van der Waals surface area contributed by atoms with Gasteiger partial charge in [-0.05, 0) is 32.3 Å². The second-order valence-corrected chi connectivity index (χ2v) is 6.06. The molecule has 5 heteroatoms. The van der Waals surface area contributed by atoms with E-state index in [-0.39, 0.29) is 0 Å². The van der Waals surface area contributed by atoms with E-state index >= 15 is 0 Å². The minimum atomic E-state index is -0.899. The monoisotopic (exact) mass is 266 g/mol. The molecule has 0 saturated heterocycles. The predicted molar refractivity (Wildman–Crippen MR) is 71.2 cm³/mol. The van der Waals surface area contributed by atoms with Gasteiger partial charge in [0.1, 0.15) is 5.03 Å². The maximum atomic E-state index is 11.4. The quantitative estimate of drug-likeness (QED) is 0.910. The Balaban J connectivity index is 2.26. The molecule has 0 radical (unpaired) electrons. The van der Waals surface area contributed by atoms with Crippen molar-refractivity contribution in [2.75, 3.05) is 0 Å². The summed E-state index contributed by atoms with van der Waals surface area (Å²) in [6, 6.07) is 0. The zero-order chi connectivity index (χ0) is 13.1. The predicted octanol–water partition coefficient (Wildman–Crippen LogP) is 3.22. The number of aromatic nitrogens is 2. The van der Waals surface area contributed by atoms with Gasteiger partial charge in [0.15, 0.2) is 0 Å². The molecule has 98 valence electrons. The summed E-state index contributed by atoms with van der Waals surface area (Å²) in [5, 5.41) is 18.5. The highest BCUT2D eigenvalue weighted by atomic mass is 32.2. The summed E-state index contributed by atoms with van der Waals surface area (Å²) in [5.74, 6) is -0.899. The number of rotatable bonds is 3. The number of aryl methyl sites for hydroxylation is 1. The van der Waals surface area contributed by atoms with Crippen molar-refractivity contribution >= 4 is 17.7 Å². The molecule has 0 aliphatic heterocycles. The first-order valence-corrected chi connectivity index (χ1v) is 7.21. The molecule has 1 aromatic rings. The standard InChI is InChI=1S/C13H18N2O2S/c1-8-9(2)14-15-12(11(8)13(16)17)18-10-6-4-3-5-7-10/h10H,3-7H2,1-2H3,(H,16,17). The number of thioether (sulfide) groups is 1. The molecule has 0 atom stereocenters. The van der Waals surface area contributed by atoms with Gasteiger partial charge in [0.05, 0.1) is 11.3 Å². The van der Waals surface area contributed by atoms with E-state index < -0.39 is 5.97 Å². The number of carboxylic acid groups (broad SMARTS) is 1. The van der Waals surface area contributed by atoms with Gasteiger partial charge >= 0.3 is 5.97 Å². The van der Waals surface area contributed by atoms with Crippen LogP contribution in [0.5, 0.6) is 0 Å². The van der Waals surface area contributed by atoms with Crippen molar-refractivity contribution in [1.29, 1.82) is 0 Å². The summed E-state index contributed by atoms with van der Waals surface area (Å²) in [7, 11) is 0. The molecular weight excluding hydrogens is 248 g/mol.